The van der Waals surface area contributed by atoms with Gasteiger partial charge in [0.2, 0.25) is 5.39 Å². The topological polar surface area (TPSA) is 87.6 Å². The number of aliphatic hydroxyl groups excluding tert-OH is 1. The number of pyridine rings is 1. The summed E-state index contributed by atoms with van der Waals surface area (Å²) < 4.78 is 4.35. The average Bonchev–Trinajstić information content (AvgIpc) is 2.38. The van der Waals surface area contributed by atoms with Gasteiger partial charge in [-0.1, -0.05) is 6.07 Å². The Kier molecular flexibility index (Phi) is 4.63. The maximum atomic E-state index is 11.1. The third-order valence-electron chi connectivity index (χ3n) is 2.10. The first-order valence-corrected chi connectivity index (χ1v) is 4.94. The molecule has 0 aliphatic rings. The monoisotopic (exact) mass is 234 g/mol. The number of aliphatic hydroxyl groups is 1. The predicted octanol–water partition coefficient (Wildman–Crippen LogP) is 1.81. The maximum absolute atomic E-state index is 11.1. The molecule has 1 aromatic heterocycles. The molecule has 0 unspecified atom stereocenters. The second-order valence-electron chi connectivity index (χ2n) is 3.21. The van der Waals surface area contributed by atoms with Crippen molar-refractivity contribution in [1.82, 2.24) is 4.98 Å². The van der Waals surface area contributed by atoms with Crippen molar-refractivity contribution in [3.05, 3.63) is 46.5 Å². The van der Waals surface area contributed by atoms with Gasteiger partial charge in [-0.15, -0.1) is 0 Å². The normalized spacial score (nSPS) is 11.3. The van der Waals surface area contributed by atoms with Crippen LogP contribution in [0.5, 0.6) is 0 Å². The van der Waals surface area contributed by atoms with Crippen molar-refractivity contribution < 1.29 is 14.6 Å². The number of ether oxygens (including phenoxy) is 1. The number of aryl methyl sites for hydroxylation is 1. The summed E-state index contributed by atoms with van der Waals surface area (Å²) in [5.74, 6) is -1.21. The Balaban J connectivity index is 2.71. The molecule has 1 rings (SSSR count). The van der Waals surface area contributed by atoms with E-state index in [9.17, 15) is 9.90 Å². The second-order valence-corrected chi connectivity index (χ2v) is 3.21. The van der Waals surface area contributed by atoms with Crippen LogP contribution in [0.1, 0.15) is 12.1 Å². The van der Waals surface area contributed by atoms with E-state index in [0.29, 0.717) is 6.42 Å². The summed E-state index contributed by atoms with van der Waals surface area (Å²) in [6, 6.07) is 5.39. The first kappa shape index (κ1) is 12.6. The van der Waals surface area contributed by atoms with Gasteiger partial charge in [0, 0.05) is 18.3 Å². The van der Waals surface area contributed by atoms with Crippen LogP contribution in [0.3, 0.4) is 0 Å². The molecule has 6 nitrogen and oxygen atoms in total. The smallest absolute Gasteiger partial charge is 0.505 e. The van der Waals surface area contributed by atoms with Crippen molar-refractivity contribution in [2.75, 3.05) is 7.11 Å². The molecule has 1 N–H and O–H groups in total. The Morgan fingerprint density at radius 3 is 2.88 bits per heavy atom. The van der Waals surface area contributed by atoms with E-state index in [1.807, 2.05) is 6.07 Å². The highest BCUT2D eigenvalue weighted by Gasteiger charge is 2.29. The molecule has 0 aliphatic heterocycles. The van der Waals surface area contributed by atoms with E-state index in [4.69, 9.17) is 5.39 Å². The molecule has 0 bridgehead atoms. The van der Waals surface area contributed by atoms with Crippen LogP contribution in [-0.2, 0) is 16.0 Å². The zero-order chi connectivity index (χ0) is 12.7. The molecule has 0 aliphatic carbocycles. The number of allylic oxidation sites excluding steroid dienone is 1. The lowest BCUT2D eigenvalue weighted by Crippen LogP contribution is -2.05. The molecule has 0 aromatic carbocycles. The number of aromatic nitrogens is 1. The number of carbonyl (C=O) groups excluding carboxylic acids is 1. The highest BCUT2D eigenvalue weighted by Crippen LogP contribution is 2.12. The van der Waals surface area contributed by atoms with Gasteiger partial charge in [-0.2, -0.15) is 0 Å². The van der Waals surface area contributed by atoms with E-state index in [0.717, 1.165) is 12.8 Å². The largest absolute Gasteiger partial charge is 0.505 e. The number of methoxy groups -OCH3 is 1. The van der Waals surface area contributed by atoms with Gasteiger partial charge in [0.1, 0.15) is 0 Å². The fourth-order valence-corrected chi connectivity index (χ4v) is 1.22. The van der Waals surface area contributed by atoms with Crippen molar-refractivity contribution in [2.24, 2.45) is 0 Å². The zero-order valence-corrected chi connectivity index (χ0v) is 9.33. The van der Waals surface area contributed by atoms with Crippen LogP contribution < -0.4 is 0 Å². The molecule has 6 heteroatoms. The van der Waals surface area contributed by atoms with Gasteiger partial charge in [-0.05, 0) is 18.6 Å². The lowest BCUT2D eigenvalue weighted by atomic mass is 10.2. The number of hydrogen-bond acceptors (Lipinski definition) is 5. The summed E-state index contributed by atoms with van der Waals surface area (Å²) in [6.07, 6.45) is 2.21. The highest BCUT2D eigenvalue weighted by atomic mass is 16.5. The van der Waals surface area contributed by atoms with Crippen LogP contribution in [0.15, 0.2) is 35.9 Å². The second kappa shape index (κ2) is 6.23. The van der Waals surface area contributed by atoms with E-state index in [1.165, 1.54) is 0 Å². The number of rotatable bonds is 4. The summed E-state index contributed by atoms with van der Waals surface area (Å²) in [6.45, 7) is 0. The van der Waals surface area contributed by atoms with Gasteiger partial charge in [0.25, 0.3) is 0 Å². The molecule has 0 radical (unpaired) electrons. The van der Waals surface area contributed by atoms with Gasteiger partial charge in [0.05, 0.1) is 7.11 Å². The Labute approximate surface area is 98.2 Å². The minimum absolute atomic E-state index is 0.144. The van der Waals surface area contributed by atoms with Crippen LogP contribution in [0.25, 0.3) is 4.98 Å². The zero-order valence-electron chi connectivity index (χ0n) is 9.33. The SMILES string of the molecule is COC(=O)/C([N+]#N)=C(\O)CCc1ccccn1. The van der Waals surface area contributed by atoms with Crippen molar-refractivity contribution >= 4 is 5.97 Å². The number of esters is 1. The van der Waals surface area contributed by atoms with E-state index < -0.39 is 11.7 Å². The fraction of sp³-hybridized carbons (Fsp3) is 0.273. The molecule has 1 heterocycles. The molecule has 0 saturated carbocycles. The molecule has 1 aromatic rings. The molecule has 0 fully saturated rings. The molecule has 88 valence electrons. The average molecular weight is 234 g/mol. The van der Waals surface area contributed by atoms with Gasteiger partial charge in [0.15, 0.2) is 10.7 Å². The van der Waals surface area contributed by atoms with E-state index >= 15 is 0 Å². The summed E-state index contributed by atoms with van der Waals surface area (Å²) >= 11 is 0. The maximum Gasteiger partial charge on any atom is 0.505 e. The Hall–Kier alpha value is -2.42. The fourth-order valence-electron chi connectivity index (χ4n) is 1.22. The Morgan fingerprint density at radius 2 is 2.35 bits per heavy atom. The summed E-state index contributed by atoms with van der Waals surface area (Å²) in [5.41, 5.74) is 0.282. The molecular formula is C11H12N3O3+. The number of carbonyl (C=O) groups is 1. The minimum atomic E-state index is -0.883. The van der Waals surface area contributed by atoms with Crippen LogP contribution >= 0.6 is 0 Å². The van der Waals surface area contributed by atoms with Gasteiger partial charge in [-0.3, -0.25) is 4.98 Å². The van der Waals surface area contributed by atoms with Crippen LogP contribution in [0.2, 0.25) is 0 Å². The third kappa shape index (κ3) is 3.57. The molecule has 0 spiro atoms. The van der Waals surface area contributed by atoms with Gasteiger partial charge in [-0.25, -0.2) is 4.79 Å². The quantitative estimate of drug-likeness (QED) is 0.371. The Bertz CT molecular complexity index is 463. The lowest BCUT2D eigenvalue weighted by Gasteiger charge is -1.98. The van der Waals surface area contributed by atoms with Gasteiger partial charge < -0.3 is 9.84 Å². The molecule has 17 heavy (non-hydrogen) atoms. The molecular weight excluding hydrogens is 222 g/mol. The number of hydrogen-bond donors (Lipinski definition) is 1. The predicted molar refractivity (Wildman–Crippen MR) is 59.3 cm³/mol. The van der Waals surface area contributed by atoms with Crippen LogP contribution in [0.4, 0.5) is 0 Å². The molecule has 0 amide bonds. The minimum Gasteiger partial charge on any atom is -0.505 e. The van der Waals surface area contributed by atoms with Crippen molar-refractivity contribution in [2.45, 2.75) is 12.8 Å². The lowest BCUT2D eigenvalue weighted by molar-refractivity contribution is -0.136. The first-order chi connectivity index (χ1) is 8.19. The van der Waals surface area contributed by atoms with Crippen molar-refractivity contribution in [1.29, 1.82) is 5.39 Å². The summed E-state index contributed by atoms with van der Waals surface area (Å²) in [7, 11) is 1.14. The van der Waals surface area contributed by atoms with E-state index in [1.54, 1.807) is 18.3 Å². The van der Waals surface area contributed by atoms with Crippen molar-refractivity contribution in [3.63, 3.8) is 0 Å². The van der Waals surface area contributed by atoms with Crippen LogP contribution in [0, 0.1) is 5.39 Å². The third-order valence-corrected chi connectivity index (χ3v) is 2.10. The number of diazo groups is 1. The highest BCUT2D eigenvalue weighted by molar-refractivity contribution is 5.90. The van der Waals surface area contributed by atoms with Crippen LogP contribution in [-0.4, -0.2) is 23.2 Å². The van der Waals surface area contributed by atoms with Gasteiger partial charge >= 0.3 is 11.7 Å². The number of nitrogens with zero attached hydrogens (tertiary/aromatic N) is 3. The molecule has 0 atom stereocenters. The van der Waals surface area contributed by atoms with E-state index in [2.05, 4.69) is 14.7 Å². The van der Waals surface area contributed by atoms with E-state index in [-0.39, 0.29) is 12.2 Å². The van der Waals surface area contributed by atoms with Crippen molar-refractivity contribution in [3.8, 4) is 0 Å². The first-order valence-electron chi connectivity index (χ1n) is 4.94. The Morgan fingerprint density at radius 1 is 1.59 bits per heavy atom. The standard InChI is InChI=1S/C11H11N3O3/c1-17-11(16)10(14-12)9(15)6-5-8-4-2-3-7-13-8/h2-4,7H,5-6H2,1H3/p+1. The molecule has 0 saturated heterocycles. The summed E-state index contributed by atoms with van der Waals surface area (Å²) in [4.78, 5) is 17.8. The summed E-state index contributed by atoms with van der Waals surface area (Å²) in [5, 5.41) is 18.2.